The molecule has 1 aromatic carbocycles. The van der Waals surface area contributed by atoms with Crippen LogP contribution in [-0.4, -0.2) is 10.6 Å². The van der Waals surface area contributed by atoms with E-state index >= 15 is 0 Å². The van der Waals surface area contributed by atoms with E-state index in [2.05, 4.69) is 29.0 Å². The standard InChI is InChI=1S/C19H20ClN3OS/c1-12-14(3)25-18(23-9-4-5-10-23)17(12)13(2)21-19(24)22-16-8-6-7-15(20)11-16/h4-11,13H,1-3H3,(H2,21,22,24)/t13-/m0/s1. The lowest BCUT2D eigenvalue weighted by atomic mass is 10.1. The van der Waals surface area contributed by atoms with Crippen LogP contribution in [0.3, 0.4) is 0 Å². The lowest BCUT2D eigenvalue weighted by Crippen LogP contribution is -2.31. The molecule has 0 saturated heterocycles. The molecule has 25 heavy (non-hydrogen) atoms. The van der Waals surface area contributed by atoms with Gasteiger partial charge in [-0.05, 0) is 56.7 Å². The first-order valence-corrected chi connectivity index (χ1v) is 9.21. The third kappa shape index (κ3) is 3.89. The molecular formula is C19H20ClN3OS. The Balaban J connectivity index is 1.79. The van der Waals surface area contributed by atoms with Gasteiger partial charge in [-0.2, -0.15) is 0 Å². The maximum absolute atomic E-state index is 12.4. The first-order chi connectivity index (χ1) is 12.0. The third-order valence-electron chi connectivity index (χ3n) is 4.11. The van der Waals surface area contributed by atoms with Crippen molar-refractivity contribution < 1.29 is 4.79 Å². The van der Waals surface area contributed by atoms with E-state index in [9.17, 15) is 4.79 Å². The third-order valence-corrected chi connectivity index (χ3v) is 5.59. The van der Waals surface area contributed by atoms with Crippen molar-refractivity contribution in [2.45, 2.75) is 26.8 Å². The summed E-state index contributed by atoms with van der Waals surface area (Å²) in [6.07, 6.45) is 4.04. The first kappa shape index (κ1) is 17.6. The summed E-state index contributed by atoms with van der Waals surface area (Å²) >= 11 is 7.69. The number of hydrogen-bond donors (Lipinski definition) is 2. The molecule has 0 aliphatic carbocycles. The second kappa shape index (κ2) is 7.33. The van der Waals surface area contributed by atoms with Gasteiger partial charge in [0.25, 0.3) is 0 Å². The first-order valence-electron chi connectivity index (χ1n) is 8.02. The van der Waals surface area contributed by atoms with Gasteiger partial charge >= 0.3 is 6.03 Å². The van der Waals surface area contributed by atoms with Crippen LogP contribution in [0.1, 0.15) is 29.0 Å². The molecule has 2 N–H and O–H groups in total. The number of hydrogen-bond acceptors (Lipinski definition) is 2. The number of amides is 2. The number of thiophene rings is 1. The SMILES string of the molecule is Cc1sc(-n2cccc2)c([C@H](C)NC(=O)Nc2cccc(Cl)c2)c1C. The summed E-state index contributed by atoms with van der Waals surface area (Å²) in [4.78, 5) is 13.6. The summed E-state index contributed by atoms with van der Waals surface area (Å²) in [5.41, 5.74) is 3.02. The molecule has 2 amide bonds. The molecule has 6 heteroatoms. The molecule has 3 rings (SSSR count). The van der Waals surface area contributed by atoms with E-state index in [0.717, 1.165) is 10.6 Å². The highest BCUT2D eigenvalue weighted by Gasteiger charge is 2.20. The fourth-order valence-electron chi connectivity index (χ4n) is 2.80. The molecule has 3 aromatic rings. The van der Waals surface area contributed by atoms with Gasteiger partial charge in [-0.15, -0.1) is 11.3 Å². The number of halogens is 1. The van der Waals surface area contributed by atoms with Crippen LogP contribution in [0.2, 0.25) is 5.02 Å². The number of urea groups is 1. The maximum atomic E-state index is 12.4. The van der Waals surface area contributed by atoms with Crippen molar-refractivity contribution in [3.8, 4) is 5.00 Å². The van der Waals surface area contributed by atoms with Crippen LogP contribution in [0.25, 0.3) is 5.00 Å². The second-order valence-corrected chi connectivity index (χ2v) is 7.56. The fourth-order valence-corrected chi connectivity index (χ4v) is 4.21. The Hall–Kier alpha value is -2.24. The Labute approximate surface area is 156 Å². The van der Waals surface area contributed by atoms with E-state index in [1.54, 1.807) is 35.6 Å². The zero-order valence-electron chi connectivity index (χ0n) is 14.3. The highest BCUT2D eigenvalue weighted by molar-refractivity contribution is 7.14. The smallest absolute Gasteiger partial charge is 0.319 e. The van der Waals surface area contributed by atoms with Crippen LogP contribution in [-0.2, 0) is 0 Å². The number of aromatic nitrogens is 1. The van der Waals surface area contributed by atoms with Crippen molar-refractivity contribution >= 4 is 34.7 Å². The Morgan fingerprint density at radius 3 is 2.60 bits per heavy atom. The summed E-state index contributed by atoms with van der Waals surface area (Å²) in [5, 5.41) is 7.57. The Morgan fingerprint density at radius 2 is 1.92 bits per heavy atom. The average molecular weight is 374 g/mol. The highest BCUT2D eigenvalue weighted by atomic mass is 35.5. The number of carbonyl (C=O) groups excluding carboxylic acids is 1. The average Bonchev–Trinajstić information content (AvgIpc) is 3.16. The number of rotatable bonds is 4. The summed E-state index contributed by atoms with van der Waals surface area (Å²) in [7, 11) is 0. The Bertz CT molecular complexity index is 886. The summed E-state index contributed by atoms with van der Waals surface area (Å²) in [6.45, 7) is 6.20. The van der Waals surface area contributed by atoms with E-state index < -0.39 is 0 Å². The van der Waals surface area contributed by atoms with Crippen molar-refractivity contribution in [2.75, 3.05) is 5.32 Å². The number of aryl methyl sites for hydroxylation is 1. The van der Waals surface area contributed by atoms with Crippen LogP contribution in [0.15, 0.2) is 48.8 Å². The van der Waals surface area contributed by atoms with E-state index in [-0.39, 0.29) is 12.1 Å². The second-order valence-electron chi connectivity index (χ2n) is 5.92. The van der Waals surface area contributed by atoms with Crippen LogP contribution < -0.4 is 10.6 Å². The van der Waals surface area contributed by atoms with Gasteiger partial charge in [0, 0.05) is 33.5 Å². The number of nitrogens with one attached hydrogen (secondary N) is 2. The number of nitrogens with zero attached hydrogens (tertiary/aromatic N) is 1. The largest absolute Gasteiger partial charge is 0.331 e. The molecule has 0 radical (unpaired) electrons. The number of benzene rings is 1. The molecule has 130 valence electrons. The van der Waals surface area contributed by atoms with Gasteiger partial charge in [0.1, 0.15) is 5.00 Å². The Morgan fingerprint density at radius 1 is 1.20 bits per heavy atom. The Kier molecular flexibility index (Phi) is 5.16. The zero-order chi connectivity index (χ0) is 18.0. The molecule has 0 aliphatic rings. The molecule has 0 fully saturated rings. The minimum Gasteiger partial charge on any atom is -0.331 e. The van der Waals surface area contributed by atoms with Gasteiger partial charge in [-0.1, -0.05) is 17.7 Å². The van der Waals surface area contributed by atoms with Crippen molar-refractivity contribution in [1.29, 1.82) is 0 Å². The van der Waals surface area contributed by atoms with Crippen molar-refractivity contribution in [2.24, 2.45) is 0 Å². The molecule has 0 saturated carbocycles. The quantitative estimate of drug-likeness (QED) is 0.606. The van der Waals surface area contributed by atoms with Crippen molar-refractivity contribution in [1.82, 2.24) is 9.88 Å². The van der Waals surface area contributed by atoms with Crippen molar-refractivity contribution in [3.63, 3.8) is 0 Å². The summed E-state index contributed by atoms with van der Waals surface area (Å²) < 4.78 is 2.09. The highest BCUT2D eigenvalue weighted by Crippen LogP contribution is 2.35. The lowest BCUT2D eigenvalue weighted by molar-refractivity contribution is 0.249. The number of anilines is 1. The maximum Gasteiger partial charge on any atom is 0.319 e. The molecule has 2 aromatic heterocycles. The minimum absolute atomic E-state index is 0.124. The fraction of sp³-hybridized carbons (Fsp3) is 0.211. The molecule has 0 bridgehead atoms. The van der Waals surface area contributed by atoms with E-state index in [4.69, 9.17) is 11.6 Å². The van der Waals surface area contributed by atoms with Gasteiger partial charge in [0.05, 0.1) is 6.04 Å². The monoisotopic (exact) mass is 373 g/mol. The lowest BCUT2D eigenvalue weighted by Gasteiger charge is -2.17. The predicted molar refractivity (Wildman–Crippen MR) is 105 cm³/mol. The van der Waals surface area contributed by atoms with Gasteiger partial charge < -0.3 is 15.2 Å². The zero-order valence-corrected chi connectivity index (χ0v) is 15.9. The number of carbonyl (C=O) groups is 1. The summed E-state index contributed by atoms with van der Waals surface area (Å²) in [5.74, 6) is 0. The van der Waals surface area contributed by atoms with E-state index in [1.807, 2.05) is 31.5 Å². The van der Waals surface area contributed by atoms with E-state index in [1.165, 1.54) is 10.4 Å². The molecule has 2 heterocycles. The molecule has 4 nitrogen and oxygen atoms in total. The van der Waals surface area contributed by atoms with Crippen LogP contribution in [0, 0.1) is 13.8 Å². The van der Waals surface area contributed by atoms with Gasteiger partial charge in [-0.3, -0.25) is 0 Å². The minimum atomic E-state index is -0.253. The van der Waals surface area contributed by atoms with Crippen LogP contribution >= 0.6 is 22.9 Å². The van der Waals surface area contributed by atoms with Gasteiger partial charge in [0.2, 0.25) is 0 Å². The molecule has 1 atom stereocenters. The van der Waals surface area contributed by atoms with Gasteiger partial charge in [0.15, 0.2) is 0 Å². The predicted octanol–water partition coefficient (Wildman–Crippen LogP) is 5.69. The van der Waals surface area contributed by atoms with Crippen LogP contribution in [0.5, 0.6) is 0 Å². The van der Waals surface area contributed by atoms with Crippen LogP contribution in [0.4, 0.5) is 10.5 Å². The normalized spacial score (nSPS) is 12.0. The van der Waals surface area contributed by atoms with Gasteiger partial charge in [-0.25, -0.2) is 4.79 Å². The van der Waals surface area contributed by atoms with E-state index in [0.29, 0.717) is 10.7 Å². The summed E-state index contributed by atoms with van der Waals surface area (Å²) in [6, 6.07) is 10.7. The molecule has 0 unspecified atom stereocenters. The molecule has 0 aliphatic heterocycles. The van der Waals surface area contributed by atoms with Crippen molar-refractivity contribution in [3.05, 3.63) is 69.8 Å². The topological polar surface area (TPSA) is 46.1 Å². The molecule has 0 spiro atoms. The molecular weight excluding hydrogens is 354 g/mol.